The van der Waals surface area contributed by atoms with Crippen molar-refractivity contribution < 1.29 is 4.79 Å². The summed E-state index contributed by atoms with van der Waals surface area (Å²) in [6, 6.07) is 11.5. The van der Waals surface area contributed by atoms with E-state index < -0.39 is 0 Å². The molecule has 3 atom stereocenters. The first kappa shape index (κ1) is 22.2. The number of halogens is 2. The van der Waals surface area contributed by atoms with Crippen LogP contribution >= 0.6 is 24.8 Å². The summed E-state index contributed by atoms with van der Waals surface area (Å²) in [4.78, 5) is 15.3. The number of benzene rings is 1. The molecule has 1 aromatic carbocycles. The van der Waals surface area contributed by atoms with Gasteiger partial charge in [0.25, 0.3) is 0 Å². The third kappa shape index (κ3) is 5.33. The largest absolute Gasteiger partial charge is 0.352 e. The van der Waals surface area contributed by atoms with Crippen LogP contribution in [0.4, 0.5) is 0 Å². The molecule has 0 radical (unpaired) electrons. The Morgan fingerprint density at radius 2 is 1.68 bits per heavy atom. The topological polar surface area (TPSA) is 44.4 Å². The molecular weight excluding hydrogens is 357 g/mol. The molecule has 0 aromatic heterocycles. The van der Waals surface area contributed by atoms with Crippen molar-refractivity contribution in [3.05, 3.63) is 35.9 Å². The summed E-state index contributed by atoms with van der Waals surface area (Å²) >= 11 is 0. The molecule has 2 aliphatic heterocycles. The molecule has 2 heterocycles. The van der Waals surface area contributed by atoms with Crippen LogP contribution in [0.5, 0.6) is 0 Å². The molecule has 2 bridgehead atoms. The number of nitrogens with one attached hydrogen (secondary N) is 2. The van der Waals surface area contributed by atoms with E-state index in [1.54, 1.807) is 0 Å². The molecule has 2 fully saturated rings. The number of amides is 1. The van der Waals surface area contributed by atoms with E-state index in [9.17, 15) is 4.79 Å². The number of piperidine rings is 1. The molecule has 1 amide bonds. The van der Waals surface area contributed by atoms with Gasteiger partial charge in [0, 0.05) is 18.1 Å². The average Bonchev–Trinajstić information content (AvgIpc) is 2.91. The molecule has 0 spiro atoms. The van der Waals surface area contributed by atoms with Crippen LogP contribution in [0.15, 0.2) is 30.3 Å². The normalized spacial score (nSPS) is 25.6. The number of carbonyl (C=O) groups excluding carboxylic acids is 1. The number of hydrogen-bond donors (Lipinski definition) is 2. The highest BCUT2D eigenvalue weighted by Gasteiger charge is 2.35. The zero-order valence-electron chi connectivity index (χ0n) is 15.1. The summed E-state index contributed by atoms with van der Waals surface area (Å²) in [7, 11) is 0. The molecule has 25 heavy (non-hydrogen) atoms. The summed E-state index contributed by atoms with van der Waals surface area (Å²) in [5.41, 5.74) is 1.09. The van der Waals surface area contributed by atoms with E-state index in [1.165, 1.54) is 12.8 Å². The lowest BCUT2D eigenvalue weighted by atomic mass is 9.98. The summed E-state index contributed by atoms with van der Waals surface area (Å²) in [6.07, 6.45) is 4.66. The van der Waals surface area contributed by atoms with Crippen molar-refractivity contribution in [3.63, 3.8) is 0 Å². The maximum Gasteiger partial charge on any atom is 0.242 e. The zero-order chi connectivity index (χ0) is 16.2. The van der Waals surface area contributed by atoms with Gasteiger partial charge in [0.15, 0.2) is 0 Å². The molecule has 2 aliphatic rings. The fourth-order valence-electron chi connectivity index (χ4n) is 4.21. The number of fused-ring (bicyclic) bond motifs is 2. The Labute approximate surface area is 163 Å². The predicted octanol–water partition coefficient (Wildman–Crippen LogP) is 3.31. The van der Waals surface area contributed by atoms with E-state index in [-0.39, 0.29) is 36.8 Å². The van der Waals surface area contributed by atoms with Gasteiger partial charge in [0.2, 0.25) is 5.91 Å². The predicted molar refractivity (Wildman–Crippen MR) is 108 cm³/mol. The third-order valence-electron chi connectivity index (χ3n) is 5.36. The molecule has 1 aromatic rings. The standard InChI is InChI=1S/C19H29N3O.2ClH/c1-3-22(4-2)18(14-8-6-5-7-9-14)19(23)21-17-12-15-10-11-16(13-17)20-15;;/h5-9,15-18,20H,3-4,10-13H2,1-2H3,(H,21,23);2*1H. The van der Waals surface area contributed by atoms with Crippen molar-refractivity contribution in [1.82, 2.24) is 15.5 Å². The summed E-state index contributed by atoms with van der Waals surface area (Å²) in [6.45, 7) is 6.00. The zero-order valence-corrected chi connectivity index (χ0v) is 16.7. The van der Waals surface area contributed by atoms with E-state index in [4.69, 9.17) is 0 Å². The molecule has 0 saturated carbocycles. The van der Waals surface area contributed by atoms with E-state index in [0.717, 1.165) is 31.5 Å². The van der Waals surface area contributed by atoms with Gasteiger partial charge < -0.3 is 10.6 Å². The van der Waals surface area contributed by atoms with Crippen LogP contribution in [0.1, 0.15) is 51.1 Å². The van der Waals surface area contributed by atoms with Gasteiger partial charge in [-0.2, -0.15) is 0 Å². The Bertz CT molecular complexity index is 513. The lowest BCUT2D eigenvalue weighted by molar-refractivity contribution is -0.127. The summed E-state index contributed by atoms with van der Waals surface area (Å²) < 4.78 is 0. The molecular formula is C19H31Cl2N3O. The van der Waals surface area contributed by atoms with Crippen molar-refractivity contribution in [1.29, 1.82) is 0 Å². The number of carbonyl (C=O) groups is 1. The molecule has 6 heteroatoms. The SMILES string of the molecule is CCN(CC)C(C(=O)NC1CC2CCC(C1)N2)c1ccccc1.Cl.Cl. The van der Waals surface area contributed by atoms with Crippen molar-refractivity contribution in [3.8, 4) is 0 Å². The molecule has 4 nitrogen and oxygen atoms in total. The van der Waals surface area contributed by atoms with E-state index in [1.807, 2.05) is 18.2 Å². The van der Waals surface area contributed by atoms with Crippen LogP contribution in [-0.4, -0.2) is 42.0 Å². The van der Waals surface area contributed by atoms with Gasteiger partial charge in [-0.3, -0.25) is 9.69 Å². The van der Waals surface area contributed by atoms with Crippen LogP contribution < -0.4 is 10.6 Å². The Morgan fingerprint density at radius 3 is 2.20 bits per heavy atom. The van der Waals surface area contributed by atoms with Gasteiger partial charge in [0.1, 0.15) is 6.04 Å². The first-order valence-corrected chi connectivity index (χ1v) is 9.06. The minimum Gasteiger partial charge on any atom is -0.352 e. The fraction of sp³-hybridized carbons (Fsp3) is 0.632. The Balaban J connectivity index is 0.00000156. The minimum atomic E-state index is -0.182. The monoisotopic (exact) mass is 387 g/mol. The van der Waals surface area contributed by atoms with Gasteiger partial charge in [0.05, 0.1) is 0 Å². The first-order valence-electron chi connectivity index (χ1n) is 9.06. The number of rotatable bonds is 6. The van der Waals surface area contributed by atoms with Crippen LogP contribution in [-0.2, 0) is 4.79 Å². The first-order chi connectivity index (χ1) is 11.2. The second kappa shape index (κ2) is 10.4. The minimum absolute atomic E-state index is 0. The Kier molecular flexibility index (Phi) is 9.22. The highest BCUT2D eigenvalue weighted by atomic mass is 35.5. The van der Waals surface area contributed by atoms with Gasteiger partial charge in [-0.15, -0.1) is 24.8 Å². The molecule has 3 unspecified atom stereocenters. The van der Waals surface area contributed by atoms with Crippen molar-refractivity contribution in [2.75, 3.05) is 13.1 Å². The number of nitrogens with zero attached hydrogens (tertiary/aromatic N) is 1. The highest BCUT2D eigenvalue weighted by Crippen LogP contribution is 2.28. The smallest absolute Gasteiger partial charge is 0.242 e. The van der Waals surface area contributed by atoms with Crippen LogP contribution in [0.25, 0.3) is 0 Å². The molecule has 2 saturated heterocycles. The van der Waals surface area contributed by atoms with Gasteiger partial charge >= 0.3 is 0 Å². The second-order valence-corrected chi connectivity index (χ2v) is 6.85. The highest BCUT2D eigenvalue weighted by molar-refractivity contribution is 5.85. The van der Waals surface area contributed by atoms with Crippen molar-refractivity contribution in [2.24, 2.45) is 0 Å². The quantitative estimate of drug-likeness (QED) is 0.786. The van der Waals surface area contributed by atoms with Crippen molar-refractivity contribution >= 4 is 30.7 Å². The van der Waals surface area contributed by atoms with Crippen LogP contribution in [0, 0.1) is 0 Å². The van der Waals surface area contributed by atoms with E-state index >= 15 is 0 Å². The second-order valence-electron chi connectivity index (χ2n) is 6.85. The molecule has 2 N–H and O–H groups in total. The average molecular weight is 388 g/mol. The maximum absolute atomic E-state index is 13.0. The maximum atomic E-state index is 13.0. The number of likely N-dealkylation sites (N-methyl/N-ethyl adjacent to an activating group) is 1. The van der Waals surface area contributed by atoms with Crippen LogP contribution in [0.3, 0.4) is 0 Å². The summed E-state index contributed by atoms with van der Waals surface area (Å²) in [5.74, 6) is 0.159. The number of hydrogen-bond acceptors (Lipinski definition) is 3. The van der Waals surface area contributed by atoms with Gasteiger partial charge in [-0.1, -0.05) is 44.2 Å². The van der Waals surface area contributed by atoms with Gasteiger partial charge in [-0.25, -0.2) is 0 Å². The molecule has 0 aliphatic carbocycles. The molecule has 3 rings (SSSR count). The van der Waals surface area contributed by atoms with E-state index in [2.05, 4.69) is 41.5 Å². The van der Waals surface area contributed by atoms with Gasteiger partial charge in [-0.05, 0) is 44.3 Å². The Hall–Kier alpha value is -0.810. The van der Waals surface area contributed by atoms with E-state index in [0.29, 0.717) is 18.1 Å². The summed E-state index contributed by atoms with van der Waals surface area (Å²) in [5, 5.41) is 6.98. The van der Waals surface area contributed by atoms with Crippen molar-refractivity contribution in [2.45, 2.75) is 63.7 Å². The fourth-order valence-corrected chi connectivity index (χ4v) is 4.21. The molecule has 142 valence electrons. The third-order valence-corrected chi connectivity index (χ3v) is 5.36. The lowest BCUT2D eigenvalue weighted by Crippen LogP contribution is -2.50. The Morgan fingerprint density at radius 1 is 1.12 bits per heavy atom. The van der Waals surface area contributed by atoms with Crippen LogP contribution in [0.2, 0.25) is 0 Å². The lowest BCUT2D eigenvalue weighted by Gasteiger charge is -2.34.